The fourth-order valence-electron chi connectivity index (χ4n) is 1.98. The van der Waals surface area contributed by atoms with Crippen molar-refractivity contribution in [3.05, 3.63) is 45.1 Å². The number of aromatic nitrogens is 1. The zero-order valence-corrected chi connectivity index (χ0v) is 20.4. The SMILES string of the molecule is CCOC(=O)CC(N)=O.CCOC(=O)c1c(C)cc(C(F)(F)F)[nH]c1=O.COC(C)=CC(=O)C(F)(F)F. The number of H-pyrrole nitrogens is 1. The first-order valence-electron chi connectivity index (χ1n) is 10.1. The van der Waals surface area contributed by atoms with Crippen molar-refractivity contribution in [3.8, 4) is 0 Å². The van der Waals surface area contributed by atoms with Gasteiger partial charge in [0.1, 0.15) is 17.7 Å². The molecule has 16 heteroatoms. The van der Waals surface area contributed by atoms with Gasteiger partial charge in [-0.25, -0.2) is 4.79 Å². The van der Waals surface area contributed by atoms with E-state index in [4.69, 9.17) is 0 Å². The highest BCUT2D eigenvalue weighted by Gasteiger charge is 2.36. The summed E-state index contributed by atoms with van der Waals surface area (Å²) < 4.78 is 84.9. The lowest BCUT2D eigenvalue weighted by Crippen LogP contribution is -2.25. The van der Waals surface area contributed by atoms with Gasteiger partial charge in [-0.05, 0) is 39.3 Å². The molecule has 0 aliphatic rings. The largest absolute Gasteiger partial charge is 0.501 e. The topological polar surface area (TPSA) is 155 Å². The maximum absolute atomic E-state index is 12.3. The Bertz CT molecular complexity index is 1030. The number of hydrogen-bond donors (Lipinski definition) is 2. The van der Waals surface area contributed by atoms with Gasteiger partial charge in [-0.1, -0.05) is 0 Å². The van der Waals surface area contributed by atoms with Gasteiger partial charge in [-0.3, -0.25) is 19.2 Å². The number of allylic oxidation sites excluding steroid dienone is 2. The minimum atomic E-state index is -4.81. The van der Waals surface area contributed by atoms with Crippen LogP contribution >= 0.6 is 0 Å². The van der Waals surface area contributed by atoms with Crippen molar-refractivity contribution >= 4 is 23.6 Å². The van der Waals surface area contributed by atoms with Gasteiger partial charge in [0.15, 0.2) is 0 Å². The molecule has 0 aliphatic carbocycles. The van der Waals surface area contributed by atoms with Crippen molar-refractivity contribution < 1.29 is 59.7 Å². The van der Waals surface area contributed by atoms with Crippen molar-refractivity contribution in [2.45, 2.75) is 46.5 Å². The Kier molecular flexibility index (Phi) is 15.3. The second-order valence-corrected chi connectivity index (χ2v) is 6.56. The summed E-state index contributed by atoms with van der Waals surface area (Å²) in [5, 5.41) is 0. The monoisotopic (exact) mass is 548 g/mol. The molecule has 0 aliphatic heterocycles. The number of primary amides is 1. The predicted molar refractivity (Wildman–Crippen MR) is 115 cm³/mol. The van der Waals surface area contributed by atoms with Gasteiger partial charge >= 0.3 is 24.3 Å². The molecule has 1 aromatic heterocycles. The minimum Gasteiger partial charge on any atom is -0.501 e. The molecule has 0 fully saturated rings. The summed E-state index contributed by atoms with van der Waals surface area (Å²) in [5.74, 6) is -4.12. The number of ketones is 1. The molecule has 1 heterocycles. The van der Waals surface area contributed by atoms with Gasteiger partial charge in [0, 0.05) is 6.08 Å². The number of carbonyl (C=O) groups excluding carboxylic acids is 4. The predicted octanol–water partition coefficient (Wildman–Crippen LogP) is 2.97. The number of ether oxygens (including phenoxy) is 3. The molecule has 0 saturated carbocycles. The number of rotatable bonds is 7. The summed E-state index contributed by atoms with van der Waals surface area (Å²) >= 11 is 0. The summed E-state index contributed by atoms with van der Waals surface area (Å²) in [6.07, 6.45) is -9.38. The summed E-state index contributed by atoms with van der Waals surface area (Å²) in [6.45, 7) is 6.04. The van der Waals surface area contributed by atoms with Crippen LogP contribution in [-0.2, 0) is 34.8 Å². The lowest BCUT2D eigenvalue weighted by molar-refractivity contribution is -0.165. The van der Waals surface area contributed by atoms with Crippen LogP contribution in [0.4, 0.5) is 26.3 Å². The standard InChI is InChI=1S/C10H10F3NO3.C6H7F3O2.C5H9NO3/c1-3-17-9(16)7-5(2)4-6(10(11,12)13)14-8(7)15;1-4(11-2)3-5(10)6(7,8)9;1-2-9-5(8)3-4(6)7/h4H,3H2,1-2H3,(H,14,15);3H,1-2H3;2-3H2,1H3,(H2,6,7). The lowest BCUT2D eigenvalue weighted by Gasteiger charge is -2.09. The molecule has 0 spiro atoms. The molecule has 0 unspecified atom stereocenters. The number of nitrogens with two attached hydrogens (primary N) is 1. The summed E-state index contributed by atoms with van der Waals surface area (Å²) in [6, 6.07) is 0.702. The van der Waals surface area contributed by atoms with E-state index in [2.05, 4.69) is 19.9 Å². The van der Waals surface area contributed by atoms with Crippen LogP contribution in [0.25, 0.3) is 0 Å². The van der Waals surface area contributed by atoms with E-state index in [0.717, 1.165) is 0 Å². The second kappa shape index (κ2) is 16.0. The smallest absolute Gasteiger partial charge is 0.454 e. The fraction of sp³-hybridized carbons (Fsp3) is 0.476. The van der Waals surface area contributed by atoms with Crippen molar-refractivity contribution in [3.63, 3.8) is 0 Å². The minimum absolute atomic E-state index is 0.0404. The van der Waals surface area contributed by atoms with Gasteiger partial charge in [-0.15, -0.1) is 0 Å². The van der Waals surface area contributed by atoms with E-state index in [-0.39, 0.29) is 31.0 Å². The number of carbonyl (C=O) groups is 4. The van der Waals surface area contributed by atoms with Crippen LogP contribution in [0.1, 0.15) is 48.8 Å². The zero-order chi connectivity index (χ0) is 29.6. The number of methoxy groups -OCH3 is 1. The van der Waals surface area contributed by atoms with E-state index in [0.29, 0.717) is 12.1 Å². The number of halogens is 6. The number of aryl methyl sites for hydroxylation is 1. The highest BCUT2D eigenvalue weighted by atomic mass is 19.4. The number of hydrogen-bond acceptors (Lipinski definition) is 8. The Balaban J connectivity index is 0. The first-order chi connectivity index (χ1) is 16.8. The first kappa shape index (κ1) is 35.3. The second-order valence-electron chi connectivity index (χ2n) is 6.56. The average molecular weight is 548 g/mol. The first-order valence-corrected chi connectivity index (χ1v) is 10.1. The van der Waals surface area contributed by atoms with E-state index < -0.39 is 52.8 Å². The van der Waals surface area contributed by atoms with Gasteiger partial charge in [0.05, 0.1) is 26.1 Å². The molecule has 10 nitrogen and oxygen atoms in total. The molecule has 0 radical (unpaired) electrons. The maximum Gasteiger partial charge on any atom is 0.454 e. The Morgan fingerprint density at radius 1 is 1.03 bits per heavy atom. The van der Waals surface area contributed by atoms with Crippen molar-refractivity contribution in [1.82, 2.24) is 4.98 Å². The Hall–Kier alpha value is -3.85. The van der Waals surface area contributed by atoms with Crippen LogP contribution in [0, 0.1) is 6.92 Å². The Labute approximate surface area is 206 Å². The number of amides is 1. The fourth-order valence-corrected chi connectivity index (χ4v) is 1.98. The molecule has 3 N–H and O–H groups in total. The third-order valence-corrected chi connectivity index (χ3v) is 3.58. The molecule has 1 rings (SSSR count). The molecule has 1 aromatic rings. The van der Waals surface area contributed by atoms with E-state index in [9.17, 15) is 50.3 Å². The number of alkyl halides is 6. The molecule has 1 amide bonds. The zero-order valence-electron chi connectivity index (χ0n) is 20.4. The van der Waals surface area contributed by atoms with E-state index in [1.807, 2.05) is 0 Å². The van der Waals surface area contributed by atoms with Gasteiger partial charge in [0.25, 0.3) is 11.3 Å². The molecular weight excluding hydrogens is 522 g/mol. The Morgan fingerprint density at radius 2 is 1.54 bits per heavy atom. The van der Waals surface area contributed by atoms with E-state index >= 15 is 0 Å². The molecule has 0 atom stereocenters. The summed E-state index contributed by atoms with van der Waals surface area (Å²) in [5.41, 5.74) is 1.92. The van der Waals surface area contributed by atoms with E-state index in [1.54, 1.807) is 11.9 Å². The third kappa shape index (κ3) is 15.0. The summed E-state index contributed by atoms with van der Waals surface area (Å²) in [7, 11) is 1.19. The third-order valence-electron chi connectivity index (χ3n) is 3.58. The van der Waals surface area contributed by atoms with Gasteiger partial charge in [-0.2, -0.15) is 26.3 Å². The van der Waals surface area contributed by atoms with Crippen LogP contribution in [0.5, 0.6) is 0 Å². The highest BCUT2D eigenvalue weighted by molar-refractivity contribution is 5.94. The maximum atomic E-state index is 12.3. The molecular formula is C21H26F6N2O8. The van der Waals surface area contributed by atoms with Crippen LogP contribution in [0.2, 0.25) is 0 Å². The number of esters is 2. The number of nitrogens with one attached hydrogen (secondary N) is 1. The highest BCUT2D eigenvalue weighted by Crippen LogP contribution is 2.27. The van der Waals surface area contributed by atoms with Crippen molar-refractivity contribution in [2.75, 3.05) is 20.3 Å². The number of pyridine rings is 1. The number of aromatic amines is 1. The average Bonchev–Trinajstić information content (AvgIpc) is 2.72. The van der Waals surface area contributed by atoms with E-state index in [1.165, 1.54) is 27.9 Å². The normalized spacial score (nSPS) is 11.2. The van der Waals surface area contributed by atoms with Crippen LogP contribution in [0.3, 0.4) is 0 Å². The molecule has 210 valence electrons. The van der Waals surface area contributed by atoms with Crippen LogP contribution in [-0.4, -0.2) is 55.1 Å². The van der Waals surface area contributed by atoms with Crippen LogP contribution < -0.4 is 11.3 Å². The van der Waals surface area contributed by atoms with Gasteiger partial charge < -0.3 is 24.9 Å². The quantitative estimate of drug-likeness (QED) is 0.173. The van der Waals surface area contributed by atoms with Crippen molar-refractivity contribution in [1.29, 1.82) is 0 Å². The molecule has 37 heavy (non-hydrogen) atoms. The summed E-state index contributed by atoms with van der Waals surface area (Å²) in [4.78, 5) is 54.8. The molecule has 0 bridgehead atoms. The van der Waals surface area contributed by atoms with Crippen LogP contribution in [0.15, 0.2) is 22.7 Å². The molecule has 0 saturated heterocycles. The Morgan fingerprint density at radius 3 is 1.89 bits per heavy atom. The van der Waals surface area contributed by atoms with Crippen molar-refractivity contribution in [2.24, 2.45) is 5.73 Å². The van der Waals surface area contributed by atoms with Gasteiger partial charge in [0.2, 0.25) is 5.91 Å². The molecule has 0 aromatic carbocycles. The lowest BCUT2D eigenvalue weighted by atomic mass is 10.1.